The molecule has 0 aliphatic carbocycles. The van der Waals surface area contributed by atoms with Crippen LogP contribution in [0.25, 0.3) is 0 Å². The van der Waals surface area contributed by atoms with Gasteiger partial charge >= 0.3 is 11.9 Å². The molecule has 8 heteroatoms. The molecule has 0 fully saturated rings. The minimum atomic E-state index is -3.84. The molecule has 0 saturated heterocycles. The van der Waals surface area contributed by atoms with Crippen LogP contribution in [0.1, 0.15) is 18.5 Å². The molecule has 3 nitrogen and oxygen atoms in total. The van der Waals surface area contributed by atoms with Crippen molar-refractivity contribution in [3.05, 3.63) is 33.8 Å². The molecule has 0 aliphatic rings. The van der Waals surface area contributed by atoms with Gasteiger partial charge in [-0.05, 0) is 30.7 Å². The minimum Gasteiger partial charge on any atom is -0.462 e. The number of carbonyl (C=O) groups is 1. The number of ether oxygens (including phenoxy) is 1. The Balaban J connectivity index is 0.00000324. The van der Waals surface area contributed by atoms with Gasteiger partial charge in [-0.3, -0.25) is 0 Å². The smallest absolute Gasteiger partial charge is 0.379 e. The summed E-state index contributed by atoms with van der Waals surface area (Å²) < 4.78 is 31.6. The topological polar surface area (TPSA) is 52.3 Å². The number of halogens is 5. The fraction of sp³-hybridized carbons (Fsp3) is 0.364. The zero-order chi connectivity index (χ0) is 13.9. The highest BCUT2D eigenvalue weighted by molar-refractivity contribution is 6.34. The molecule has 0 radical (unpaired) electrons. The Labute approximate surface area is 125 Å². The van der Waals surface area contributed by atoms with Gasteiger partial charge in [0.1, 0.15) is 6.04 Å². The number of carbonyl (C=O) groups excluding carboxylic acids is 1. The molecule has 0 aromatic heterocycles. The molecular weight excluding hydrogens is 322 g/mol. The number of esters is 1. The Bertz CT molecular complexity index is 437. The number of alkyl halides is 2. The quantitative estimate of drug-likeness (QED) is 0.856. The van der Waals surface area contributed by atoms with Gasteiger partial charge in [0, 0.05) is 10.0 Å². The fourth-order valence-electron chi connectivity index (χ4n) is 1.32. The molecule has 1 rings (SSSR count). The van der Waals surface area contributed by atoms with E-state index in [0.717, 1.165) is 0 Å². The van der Waals surface area contributed by atoms with E-state index < -0.39 is 17.9 Å². The van der Waals surface area contributed by atoms with Gasteiger partial charge < -0.3 is 10.5 Å². The zero-order valence-corrected chi connectivity index (χ0v) is 12.2. The maximum atomic E-state index is 13.7. The van der Waals surface area contributed by atoms with Crippen LogP contribution in [0, 0.1) is 0 Å². The molecule has 108 valence electrons. The normalized spacial score (nSPS) is 12.5. The molecule has 0 bridgehead atoms. The maximum Gasteiger partial charge on any atom is 0.379 e. The van der Waals surface area contributed by atoms with Crippen LogP contribution in [-0.2, 0) is 9.53 Å². The zero-order valence-electron chi connectivity index (χ0n) is 9.83. The van der Waals surface area contributed by atoms with Crippen LogP contribution >= 0.6 is 35.6 Å². The fourth-order valence-corrected chi connectivity index (χ4v) is 1.86. The van der Waals surface area contributed by atoms with Crippen molar-refractivity contribution in [3.8, 4) is 0 Å². The first-order chi connectivity index (χ1) is 8.28. The highest BCUT2D eigenvalue weighted by atomic mass is 35.5. The van der Waals surface area contributed by atoms with E-state index in [2.05, 4.69) is 4.74 Å². The van der Waals surface area contributed by atoms with Gasteiger partial charge in [0.25, 0.3) is 0 Å². The van der Waals surface area contributed by atoms with Crippen molar-refractivity contribution >= 4 is 41.6 Å². The maximum absolute atomic E-state index is 13.7. The van der Waals surface area contributed by atoms with Crippen LogP contribution in [0.4, 0.5) is 8.78 Å². The molecule has 1 aromatic carbocycles. The third-order valence-corrected chi connectivity index (χ3v) is 2.62. The Morgan fingerprint density at radius 1 is 1.37 bits per heavy atom. The van der Waals surface area contributed by atoms with Gasteiger partial charge in [-0.15, -0.1) is 12.4 Å². The lowest BCUT2D eigenvalue weighted by atomic mass is 10.0. The third kappa shape index (κ3) is 4.45. The third-order valence-electron chi connectivity index (χ3n) is 2.18. The van der Waals surface area contributed by atoms with E-state index in [1.165, 1.54) is 25.1 Å². The number of hydrogen-bond donors (Lipinski definition) is 1. The van der Waals surface area contributed by atoms with Crippen LogP contribution in [0.3, 0.4) is 0 Å². The Hall–Kier alpha value is -0.620. The number of benzene rings is 1. The Morgan fingerprint density at radius 2 is 1.84 bits per heavy atom. The first kappa shape index (κ1) is 18.4. The van der Waals surface area contributed by atoms with E-state index in [-0.39, 0.29) is 34.6 Å². The predicted octanol–water partition coefficient (Wildman–Crippen LogP) is 3.61. The molecule has 19 heavy (non-hydrogen) atoms. The number of rotatable bonds is 4. The Kier molecular flexibility index (Phi) is 7.00. The summed E-state index contributed by atoms with van der Waals surface area (Å²) in [4.78, 5) is 11.1. The van der Waals surface area contributed by atoms with Crippen molar-refractivity contribution in [1.82, 2.24) is 0 Å². The number of nitrogens with two attached hydrogens (primary N) is 1. The highest BCUT2D eigenvalue weighted by Crippen LogP contribution is 2.33. The second-order valence-electron chi connectivity index (χ2n) is 3.52. The van der Waals surface area contributed by atoms with Gasteiger partial charge in [0.15, 0.2) is 0 Å². The first-order valence-electron chi connectivity index (χ1n) is 5.05. The second-order valence-corrected chi connectivity index (χ2v) is 4.40. The van der Waals surface area contributed by atoms with Crippen molar-refractivity contribution in [2.24, 2.45) is 5.73 Å². The average molecular weight is 335 g/mol. The van der Waals surface area contributed by atoms with Crippen LogP contribution in [0.2, 0.25) is 10.0 Å². The van der Waals surface area contributed by atoms with Crippen molar-refractivity contribution in [2.75, 3.05) is 6.61 Å². The summed E-state index contributed by atoms with van der Waals surface area (Å²) in [6, 6.07) is 1.96. The summed E-state index contributed by atoms with van der Waals surface area (Å²) in [5.74, 6) is -5.52. The molecule has 2 N–H and O–H groups in total. The van der Waals surface area contributed by atoms with E-state index in [1.807, 2.05) is 0 Å². The number of hydrogen-bond acceptors (Lipinski definition) is 3. The summed E-state index contributed by atoms with van der Waals surface area (Å²) in [5, 5.41) is 0.320. The van der Waals surface area contributed by atoms with E-state index in [0.29, 0.717) is 0 Å². The van der Waals surface area contributed by atoms with E-state index in [9.17, 15) is 13.6 Å². The van der Waals surface area contributed by atoms with Gasteiger partial charge in [-0.1, -0.05) is 23.2 Å². The van der Waals surface area contributed by atoms with E-state index in [4.69, 9.17) is 28.9 Å². The predicted molar refractivity (Wildman–Crippen MR) is 72.2 cm³/mol. The molecular formula is C11H12Cl3F2NO2. The van der Waals surface area contributed by atoms with Crippen molar-refractivity contribution < 1.29 is 18.3 Å². The molecule has 0 saturated carbocycles. The second kappa shape index (κ2) is 7.24. The van der Waals surface area contributed by atoms with E-state index >= 15 is 0 Å². The van der Waals surface area contributed by atoms with Crippen molar-refractivity contribution in [1.29, 1.82) is 0 Å². The standard InChI is InChI=1S/C11H11Cl2F2NO2.ClH/c1-2-18-10(17)11(14,15)9(16)6-3-7(12)5-8(13)4-6;/h3-5,9H,2,16H2,1H3;1H/t9-;/m1./s1. The molecule has 0 amide bonds. The van der Waals surface area contributed by atoms with Crippen LogP contribution < -0.4 is 5.73 Å². The van der Waals surface area contributed by atoms with Gasteiger partial charge in [-0.25, -0.2) is 4.79 Å². The largest absolute Gasteiger partial charge is 0.462 e. The average Bonchev–Trinajstić information content (AvgIpc) is 2.26. The Morgan fingerprint density at radius 3 is 2.26 bits per heavy atom. The lowest BCUT2D eigenvalue weighted by Gasteiger charge is -2.22. The molecule has 0 unspecified atom stereocenters. The van der Waals surface area contributed by atoms with Crippen LogP contribution in [-0.4, -0.2) is 18.5 Å². The van der Waals surface area contributed by atoms with Crippen LogP contribution in [0.15, 0.2) is 18.2 Å². The van der Waals surface area contributed by atoms with Gasteiger partial charge in [0.05, 0.1) is 6.61 Å². The summed E-state index contributed by atoms with van der Waals surface area (Å²) in [5.41, 5.74) is 5.34. The lowest BCUT2D eigenvalue weighted by molar-refractivity contribution is -0.174. The molecule has 1 aromatic rings. The first-order valence-corrected chi connectivity index (χ1v) is 5.81. The highest BCUT2D eigenvalue weighted by Gasteiger charge is 2.47. The minimum absolute atomic E-state index is 0. The summed E-state index contributed by atoms with van der Waals surface area (Å²) in [6.45, 7) is 1.27. The molecule has 1 atom stereocenters. The van der Waals surface area contributed by atoms with Gasteiger partial charge in [0.2, 0.25) is 0 Å². The van der Waals surface area contributed by atoms with Crippen molar-refractivity contribution in [2.45, 2.75) is 18.9 Å². The molecule has 0 aliphatic heterocycles. The SMILES string of the molecule is CCOC(=O)C(F)(F)[C@H](N)c1cc(Cl)cc(Cl)c1.Cl. The summed E-state index contributed by atoms with van der Waals surface area (Å²) in [6.07, 6.45) is 0. The molecule has 0 spiro atoms. The van der Waals surface area contributed by atoms with E-state index in [1.54, 1.807) is 0 Å². The van der Waals surface area contributed by atoms with Crippen LogP contribution in [0.5, 0.6) is 0 Å². The lowest BCUT2D eigenvalue weighted by Crippen LogP contribution is -2.41. The monoisotopic (exact) mass is 333 g/mol. The van der Waals surface area contributed by atoms with Gasteiger partial charge in [-0.2, -0.15) is 8.78 Å². The summed E-state index contributed by atoms with van der Waals surface area (Å²) in [7, 11) is 0. The summed E-state index contributed by atoms with van der Waals surface area (Å²) >= 11 is 11.4. The van der Waals surface area contributed by atoms with Crippen molar-refractivity contribution in [3.63, 3.8) is 0 Å². The molecule has 0 heterocycles.